The SMILES string of the molecule is Cc1cc(Cl)cc2sc(N(CCCn3ccnc3)C(=O)C3CCCC3)nc12.Cl. The zero-order valence-corrected chi connectivity index (χ0v) is 18.2. The number of aromatic nitrogens is 3. The molecule has 0 N–H and O–H groups in total. The maximum absolute atomic E-state index is 13.2. The molecule has 0 radical (unpaired) electrons. The normalized spacial score (nSPS) is 14.4. The molecule has 0 saturated heterocycles. The lowest BCUT2D eigenvalue weighted by Gasteiger charge is -2.23. The summed E-state index contributed by atoms with van der Waals surface area (Å²) in [6.07, 6.45) is 10.7. The number of thiazole rings is 1. The van der Waals surface area contributed by atoms with Crippen molar-refractivity contribution in [3.63, 3.8) is 0 Å². The van der Waals surface area contributed by atoms with Crippen molar-refractivity contribution >= 4 is 56.6 Å². The molecule has 150 valence electrons. The molecule has 0 unspecified atom stereocenters. The van der Waals surface area contributed by atoms with E-state index in [9.17, 15) is 4.79 Å². The second-order valence-corrected chi connectivity index (χ2v) is 8.64. The van der Waals surface area contributed by atoms with E-state index in [1.165, 1.54) is 0 Å². The van der Waals surface area contributed by atoms with Crippen molar-refractivity contribution < 1.29 is 4.79 Å². The van der Waals surface area contributed by atoms with E-state index in [-0.39, 0.29) is 24.2 Å². The number of halogens is 2. The van der Waals surface area contributed by atoms with Gasteiger partial charge in [-0.25, -0.2) is 9.97 Å². The number of nitrogens with zero attached hydrogens (tertiary/aromatic N) is 4. The number of hydrogen-bond acceptors (Lipinski definition) is 4. The average molecular weight is 439 g/mol. The lowest BCUT2D eigenvalue weighted by molar-refractivity contribution is -0.122. The highest BCUT2D eigenvalue weighted by Gasteiger charge is 2.29. The van der Waals surface area contributed by atoms with Gasteiger partial charge in [0.25, 0.3) is 0 Å². The Hall–Kier alpha value is -1.63. The van der Waals surface area contributed by atoms with Gasteiger partial charge >= 0.3 is 0 Å². The van der Waals surface area contributed by atoms with Crippen molar-refractivity contribution in [1.82, 2.24) is 14.5 Å². The summed E-state index contributed by atoms with van der Waals surface area (Å²) in [5.74, 6) is 0.357. The van der Waals surface area contributed by atoms with Crippen molar-refractivity contribution in [2.24, 2.45) is 5.92 Å². The molecule has 1 aromatic carbocycles. The lowest BCUT2D eigenvalue weighted by Crippen LogP contribution is -2.36. The van der Waals surface area contributed by atoms with Gasteiger partial charge in [0.2, 0.25) is 5.91 Å². The van der Waals surface area contributed by atoms with E-state index in [4.69, 9.17) is 16.6 Å². The summed E-state index contributed by atoms with van der Waals surface area (Å²) in [5, 5.41) is 1.50. The number of benzene rings is 1. The lowest BCUT2D eigenvalue weighted by atomic mass is 10.1. The van der Waals surface area contributed by atoms with Gasteiger partial charge in [-0.1, -0.05) is 35.8 Å². The number of hydrogen-bond donors (Lipinski definition) is 0. The minimum Gasteiger partial charge on any atom is -0.337 e. The molecule has 5 nitrogen and oxygen atoms in total. The zero-order valence-electron chi connectivity index (χ0n) is 15.8. The summed E-state index contributed by atoms with van der Waals surface area (Å²) in [5.41, 5.74) is 1.99. The number of carbonyl (C=O) groups is 1. The minimum absolute atomic E-state index is 0. The Morgan fingerprint density at radius 3 is 2.86 bits per heavy atom. The molecular formula is C20H24Cl2N4OS. The van der Waals surface area contributed by atoms with Crippen molar-refractivity contribution in [1.29, 1.82) is 0 Å². The van der Waals surface area contributed by atoms with Gasteiger partial charge in [0.15, 0.2) is 5.13 Å². The number of amides is 1. The third kappa shape index (κ3) is 4.50. The molecule has 3 aromatic rings. The van der Waals surface area contributed by atoms with E-state index in [0.29, 0.717) is 11.6 Å². The Labute approximate surface area is 180 Å². The molecule has 0 aliphatic heterocycles. The smallest absolute Gasteiger partial charge is 0.231 e. The summed E-state index contributed by atoms with van der Waals surface area (Å²) >= 11 is 7.77. The van der Waals surface area contributed by atoms with Crippen LogP contribution in [0.5, 0.6) is 0 Å². The van der Waals surface area contributed by atoms with Gasteiger partial charge < -0.3 is 4.57 Å². The first-order valence-electron chi connectivity index (χ1n) is 9.45. The second kappa shape index (κ2) is 9.25. The summed E-state index contributed by atoms with van der Waals surface area (Å²) < 4.78 is 3.08. The molecule has 28 heavy (non-hydrogen) atoms. The Balaban J connectivity index is 0.00000225. The predicted molar refractivity (Wildman–Crippen MR) is 118 cm³/mol. The number of aryl methyl sites for hydroxylation is 2. The fourth-order valence-corrected chi connectivity index (χ4v) is 5.23. The quantitative estimate of drug-likeness (QED) is 0.510. The summed E-state index contributed by atoms with van der Waals surface area (Å²) in [7, 11) is 0. The molecule has 2 aromatic heterocycles. The minimum atomic E-state index is 0. The summed E-state index contributed by atoms with van der Waals surface area (Å²) in [4.78, 5) is 24.0. The van der Waals surface area contributed by atoms with Crippen LogP contribution in [0.3, 0.4) is 0 Å². The van der Waals surface area contributed by atoms with Crippen LogP contribution in [-0.2, 0) is 11.3 Å². The van der Waals surface area contributed by atoms with Gasteiger partial charge in [-0.15, -0.1) is 12.4 Å². The molecule has 1 fully saturated rings. The molecule has 0 atom stereocenters. The van der Waals surface area contributed by atoms with E-state index >= 15 is 0 Å². The number of carbonyl (C=O) groups excluding carboxylic acids is 1. The van der Waals surface area contributed by atoms with E-state index in [1.807, 2.05) is 41.0 Å². The molecule has 1 aliphatic rings. The fourth-order valence-electron chi connectivity index (χ4n) is 3.78. The van der Waals surface area contributed by atoms with Gasteiger partial charge in [-0.3, -0.25) is 9.69 Å². The van der Waals surface area contributed by atoms with Crippen LogP contribution in [0.4, 0.5) is 5.13 Å². The van der Waals surface area contributed by atoms with Crippen LogP contribution in [0.25, 0.3) is 10.2 Å². The molecule has 1 saturated carbocycles. The van der Waals surface area contributed by atoms with Crippen molar-refractivity contribution in [3.8, 4) is 0 Å². The van der Waals surface area contributed by atoms with Gasteiger partial charge in [0.1, 0.15) is 0 Å². The molecule has 0 spiro atoms. The molecule has 2 heterocycles. The van der Waals surface area contributed by atoms with Crippen molar-refractivity contribution in [2.75, 3.05) is 11.4 Å². The fraction of sp³-hybridized carbons (Fsp3) is 0.450. The van der Waals surface area contributed by atoms with Crippen LogP contribution in [0, 0.1) is 12.8 Å². The van der Waals surface area contributed by atoms with Gasteiger partial charge in [0.05, 0.1) is 16.5 Å². The summed E-state index contributed by atoms with van der Waals surface area (Å²) in [6.45, 7) is 3.52. The summed E-state index contributed by atoms with van der Waals surface area (Å²) in [6, 6.07) is 3.87. The first-order chi connectivity index (χ1) is 13.1. The van der Waals surface area contributed by atoms with E-state index in [0.717, 1.165) is 59.6 Å². The molecule has 4 rings (SSSR count). The number of rotatable bonds is 6. The Kier molecular flexibility index (Phi) is 6.96. The highest BCUT2D eigenvalue weighted by molar-refractivity contribution is 7.22. The Morgan fingerprint density at radius 2 is 2.14 bits per heavy atom. The Bertz CT molecular complexity index is 935. The largest absolute Gasteiger partial charge is 0.337 e. The highest BCUT2D eigenvalue weighted by Crippen LogP contribution is 2.35. The predicted octanol–water partition coefficient (Wildman–Crippen LogP) is 5.49. The zero-order chi connectivity index (χ0) is 18.8. The van der Waals surface area contributed by atoms with Gasteiger partial charge in [-0.05, 0) is 43.9 Å². The van der Waals surface area contributed by atoms with Crippen molar-refractivity contribution in [2.45, 2.75) is 45.6 Å². The van der Waals surface area contributed by atoms with Gasteiger partial charge in [0, 0.05) is 36.4 Å². The van der Waals surface area contributed by atoms with Crippen LogP contribution in [0.1, 0.15) is 37.7 Å². The van der Waals surface area contributed by atoms with Crippen LogP contribution >= 0.6 is 35.3 Å². The number of anilines is 1. The molecule has 8 heteroatoms. The highest BCUT2D eigenvalue weighted by atomic mass is 35.5. The first-order valence-corrected chi connectivity index (χ1v) is 10.6. The monoisotopic (exact) mass is 438 g/mol. The maximum Gasteiger partial charge on any atom is 0.231 e. The third-order valence-corrected chi connectivity index (χ3v) is 6.44. The van der Waals surface area contributed by atoms with Crippen LogP contribution in [0.2, 0.25) is 5.02 Å². The first kappa shape index (κ1) is 21.1. The topological polar surface area (TPSA) is 51.0 Å². The van der Waals surface area contributed by atoms with E-state index in [1.54, 1.807) is 17.5 Å². The maximum atomic E-state index is 13.2. The van der Waals surface area contributed by atoms with E-state index < -0.39 is 0 Å². The van der Waals surface area contributed by atoms with Crippen LogP contribution in [0.15, 0.2) is 30.9 Å². The third-order valence-electron chi connectivity index (χ3n) is 5.20. The molecule has 1 amide bonds. The average Bonchev–Trinajstić information content (AvgIpc) is 3.38. The van der Waals surface area contributed by atoms with Crippen LogP contribution < -0.4 is 4.90 Å². The Morgan fingerprint density at radius 1 is 1.36 bits per heavy atom. The second-order valence-electron chi connectivity index (χ2n) is 7.19. The van der Waals surface area contributed by atoms with Crippen LogP contribution in [-0.4, -0.2) is 27.0 Å². The standard InChI is InChI=1S/C20H23ClN4OS.ClH/c1-14-11-16(21)12-17-18(14)23-20(27-17)25(19(26)15-5-2-3-6-15)9-4-8-24-10-7-22-13-24;/h7,10-13,15H,2-6,8-9H2,1H3;1H. The van der Waals surface area contributed by atoms with Crippen molar-refractivity contribution in [3.05, 3.63) is 41.4 Å². The number of imidazole rings is 1. The molecular weight excluding hydrogens is 415 g/mol. The van der Waals surface area contributed by atoms with Gasteiger partial charge in [-0.2, -0.15) is 0 Å². The number of fused-ring (bicyclic) bond motifs is 1. The molecule has 0 bridgehead atoms. The molecule has 1 aliphatic carbocycles. The van der Waals surface area contributed by atoms with E-state index in [2.05, 4.69) is 4.98 Å².